The van der Waals surface area contributed by atoms with Gasteiger partial charge in [0.1, 0.15) is 8.64 Å². The first-order chi connectivity index (χ1) is 12.9. The number of thiocarbonyl (C=S) groups is 2. The van der Waals surface area contributed by atoms with Crippen LogP contribution in [0.4, 0.5) is 0 Å². The van der Waals surface area contributed by atoms with E-state index in [-0.39, 0.29) is 4.58 Å². The smallest absolute Gasteiger partial charge is 0.135 e. The molecule has 0 heterocycles. The minimum absolute atomic E-state index is 0.114. The van der Waals surface area contributed by atoms with Gasteiger partial charge in [0.25, 0.3) is 0 Å². The van der Waals surface area contributed by atoms with Crippen molar-refractivity contribution in [1.82, 2.24) is 10.6 Å². The lowest BCUT2D eigenvalue weighted by molar-refractivity contribution is 0.650. The number of nitrogens with one attached hydrogen (secondary N) is 2. The van der Waals surface area contributed by atoms with Gasteiger partial charge in [-0.1, -0.05) is 98.2 Å². The first-order valence-corrected chi connectivity index (χ1v) is 11.9. The lowest BCUT2D eigenvalue weighted by atomic mass is 10.1. The molecule has 2 N–H and O–H groups in total. The zero-order valence-electron chi connectivity index (χ0n) is 16.3. The van der Waals surface area contributed by atoms with Gasteiger partial charge in [-0.05, 0) is 49.1 Å². The summed E-state index contributed by atoms with van der Waals surface area (Å²) in [6, 6.07) is 15.8. The summed E-state index contributed by atoms with van der Waals surface area (Å²) >= 11 is 14.6. The Kier molecular flexibility index (Phi) is 9.36. The van der Waals surface area contributed by atoms with Gasteiger partial charge in [-0.3, -0.25) is 0 Å². The Morgan fingerprint density at radius 2 is 1.37 bits per heavy atom. The van der Waals surface area contributed by atoms with Crippen LogP contribution >= 0.6 is 48.0 Å². The molecule has 2 aromatic carbocycles. The molecule has 0 spiro atoms. The highest BCUT2D eigenvalue weighted by atomic mass is 32.2. The molecule has 0 aromatic heterocycles. The van der Waals surface area contributed by atoms with Crippen molar-refractivity contribution >= 4 is 67.4 Å². The standard InChI is InChI=1S/C21H28N2S4/c1-5-14(3)22-20(24)26-19(27-21(25)23-15(4)6-2)18-12-11-16-9-7-8-10-17(16)13-18/h7-15,19H,5-6H2,1-4H3,(H,22,24)(H,23,25). The highest BCUT2D eigenvalue weighted by molar-refractivity contribution is 8.35. The molecule has 0 saturated carbocycles. The Balaban J connectivity index is 2.21. The second-order valence-corrected chi connectivity index (χ2v) is 10.5. The maximum atomic E-state index is 5.61. The summed E-state index contributed by atoms with van der Waals surface area (Å²) in [7, 11) is 0. The van der Waals surface area contributed by atoms with Crippen LogP contribution in [-0.4, -0.2) is 20.7 Å². The van der Waals surface area contributed by atoms with Crippen molar-refractivity contribution in [3.8, 4) is 0 Å². The van der Waals surface area contributed by atoms with Gasteiger partial charge in [-0.2, -0.15) is 0 Å². The van der Waals surface area contributed by atoms with E-state index in [0.29, 0.717) is 12.1 Å². The van der Waals surface area contributed by atoms with Gasteiger partial charge >= 0.3 is 0 Å². The molecule has 2 aromatic rings. The molecule has 0 fully saturated rings. The van der Waals surface area contributed by atoms with Gasteiger partial charge in [0.2, 0.25) is 0 Å². The third kappa shape index (κ3) is 7.26. The van der Waals surface area contributed by atoms with E-state index in [0.717, 1.165) is 21.5 Å². The maximum Gasteiger partial charge on any atom is 0.135 e. The van der Waals surface area contributed by atoms with E-state index in [4.69, 9.17) is 24.4 Å². The normalized spacial score (nSPS) is 14.4. The summed E-state index contributed by atoms with van der Waals surface area (Å²) in [5.41, 5.74) is 1.23. The monoisotopic (exact) mass is 436 g/mol. The Bertz CT molecular complexity index is 752. The summed E-state index contributed by atoms with van der Waals surface area (Å²) in [6.07, 6.45) is 2.09. The average molecular weight is 437 g/mol. The Morgan fingerprint density at radius 3 is 1.89 bits per heavy atom. The van der Waals surface area contributed by atoms with Crippen LogP contribution in [0.1, 0.15) is 50.7 Å². The molecule has 2 unspecified atom stereocenters. The minimum atomic E-state index is 0.114. The van der Waals surface area contributed by atoms with Crippen LogP contribution in [0.2, 0.25) is 0 Å². The van der Waals surface area contributed by atoms with Gasteiger partial charge in [0.15, 0.2) is 0 Å². The lowest BCUT2D eigenvalue weighted by Gasteiger charge is -2.22. The van der Waals surface area contributed by atoms with Crippen molar-refractivity contribution in [2.24, 2.45) is 0 Å². The van der Waals surface area contributed by atoms with E-state index in [2.05, 4.69) is 80.8 Å². The zero-order chi connectivity index (χ0) is 19.8. The molecule has 2 atom stereocenters. The summed E-state index contributed by atoms with van der Waals surface area (Å²) in [6.45, 7) is 8.62. The Morgan fingerprint density at radius 1 is 0.852 bits per heavy atom. The van der Waals surface area contributed by atoms with Crippen molar-refractivity contribution in [3.05, 3.63) is 48.0 Å². The second-order valence-electron chi connectivity index (χ2n) is 6.66. The first kappa shape index (κ1) is 22.5. The first-order valence-electron chi connectivity index (χ1n) is 9.35. The maximum absolute atomic E-state index is 5.61. The molecule has 146 valence electrons. The van der Waals surface area contributed by atoms with Crippen molar-refractivity contribution in [2.45, 2.75) is 57.2 Å². The van der Waals surface area contributed by atoms with Gasteiger partial charge in [0, 0.05) is 12.1 Å². The van der Waals surface area contributed by atoms with Crippen molar-refractivity contribution in [3.63, 3.8) is 0 Å². The SMILES string of the molecule is CCC(C)NC(=S)SC(SC(=S)NC(C)CC)c1ccc2ccccc2c1. The van der Waals surface area contributed by atoms with E-state index >= 15 is 0 Å². The lowest BCUT2D eigenvalue weighted by Crippen LogP contribution is -2.30. The van der Waals surface area contributed by atoms with Crippen molar-refractivity contribution < 1.29 is 0 Å². The molecule has 6 heteroatoms. The summed E-state index contributed by atoms with van der Waals surface area (Å²) in [5.74, 6) is 0. The number of hydrogen-bond acceptors (Lipinski definition) is 4. The van der Waals surface area contributed by atoms with E-state index in [1.807, 2.05) is 0 Å². The van der Waals surface area contributed by atoms with Crippen molar-refractivity contribution in [2.75, 3.05) is 0 Å². The van der Waals surface area contributed by atoms with Gasteiger partial charge in [0.05, 0.1) is 4.58 Å². The number of benzene rings is 2. The van der Waals surface area contributed by atoms with E-state index < -0.39 is 0 Å². The molecule has 2 nitrogen and oxygen atoms in total. The molecule has 0 aliphatic carbocycles. The highest BCUT2D eigenvalue weighted by Gasteiger charge is 2.19. The van der Waals surface area contributed by atoms with E-state index in [1.165, 1.54) is 16.3 Å². The van der Waals surface area contributed by atoms with Crippen LogP contribution < -0.4 is 10.6 Å². The fourth-order valence-electron chi connectivity index (χ4n) is 2.38. The Labute approximate surface area is 182 Å². The van der Waals surface area contributed by atoms with Crippen LogP contribution in [0.15, 0.2) is 42.5 Å². The Hall–Kier alpha value is -0.820. The van der Waals surface area contributed by atoms with E-state index in [9.17, 15) is 0 Å². The zero-order valence-corrected chi connectivity index (χ0v) is 19.6. The topological polar surface area (TPSA) is 24.1 Å². The molecule has 0 aliphatic heterocycles. The van der Waals surface area contributed by atoms with Crippen LogP contribution in [0.25, 0.3) is 10.8 Å². The van der Waals surface area contributed by atoms with Crippen LogP contribution in [0.3, 0.4) is 0 Å². The second kappa shape index (κ2) is 11.2. The molecule has 0 aliphatic rings. The number of fused-ring (bicyclic) bond motifs is 1. The van der Waals surface area contributed by atoms with E-state index in [1.54, 1.807) is 23.5 Å². The average Bonchev–Trinajstić information content (AvgIpc) is 2.66. The third-order valence-electron chi connectivity index (χ3n) is 4.43. The quantitative estimate of drug-likeness (QED) is 0.372. The molecular formula is C21H28N2S4. The van der Waals surface area contributed by atoms with Gasteiger partial charge in [-0.25, -0.2) is 0 Å². The molecule has 0 radical (unpaired) electrons. The van der Waals surface area contributed by atoms with Gasteiger partial charge in [-0.15, -0.1) is 0 Å². The summed E-state index contributed by atoms with van der Waals surface area (Å²) < 4.78 is 1.76. The fraction of sp³-hybridized carbons (Fsp3) is 0.429. The third-order valence-corrected chi connectivity index (χ3v) is 7.45. The highest BCUT2D eigenvalue weighted by Crippen LogP contribution is 2.41. The molecule has 27 heavy (non-hydrogen) atoms. The predicted molar refractivity (Wildman–Crippen MR) is 133 cm³/mol. The van der Waals surface area contributed by atoms with Crippen molar-refractivity contribution in [1.29, 1.82) is 0 Å². The van der Waals surface area contributed by atoms with Crippen LogP contribution in [-0.2, 0) is 0 Å². The molecular weight excluding hydrogens is 409 g/mol. The van der Waals surface area contributed by atoms with Crippen LogP contribution in [0.5, 0.6) is 0 Å². The summed E-state index contributed by atoms with van der Waals surface area (Å²) in [4.78, 5) is 0. The number of hydrogen-bond donors (Lipinski definition) is 2. The number of thioether (sulfide) groups is 2. The molecule has 2 rings (SSSR count). The molecule has 0 bridgehead atoms. The summed E-state index contributed by atoms with van der Waals surface area (Å²) in [5, 5.41) is 9.30. The molecule has 0 amide bonds. The largest absolute Gasteiger partial charge is 0.369 e. The van der Waals surface area contributed by atoms with Crippen LogP contribution in [0, 0.1) is 0 Å². The fourth-order valence-corrected chi connectivity index (χ4v) is 5.99. The number of rotatable bonds is 7. The molecule has 0 saturated heterocycles. The minimum Gasteiger partial charge on any atom is -0.369 e. The van der Waals surface area contributed by atoms with Gasteiger partial charge < -0.3 is 10.6 Å². The predicted octanol–water partition coefficient (Wildman–Crippen LogP) is 6.65.